The largest absolute Gasteiger partial charge is 0.326 e. The summed E-state index contributed by atoms with van der Waals surface area (Å²) in [5, 5.41) is 2.78. The van der Waals surface area contributed by atoms with Gasteiger partial charge in [-0.3, -0.25) is 9.78 Å². The summed E-state index contributed by atoms with van der Waals surface area (Å²) in [5.41, 5.74) is 3.10. The highest BCUT2D eigenvalue weighted by atomic mass is 19.1. The molecule has 0 aliphatic heterocycles. The molecule has 3 nitrogen and oxygen atoms in total. The monoisotopic (exact) mass is 306 g/mol. The van der Waals surface area contributed by atoms with Crippen LogP contribution in [0.2, 0.25) is 0 Å². The van der Waals surface area contributed by atoms with E-state index in [0.29, 0.717) is 11.3 Å². The number of hydrogen-bond acceptors (Lipinski definition) is 2. The Morgan fingerprint density at radius 3 is 2.43 bits per heavy atom. The first-order chi connectivity index (χ1) is 11.2. The van der Waals surface area contributed by atoms with Gasteiger partial charge in [0.15, 0.2) is 0 Å². The molecule has 3 rings (SSSR count). The fourth-order valence-corrected chi connectivity index (χ4v) is 2.30. The maximum absolute atomic E-state index is 13.5. The number of aromatic nitrogens is 1. The molecule has 0 saturated carbocycles. The molecule has 114 valence electrons. The maximum Gasteiger partial charge on any atom is 0.228 e. The van der Waals surface area contributed by atoms with Gasteiger partial charge in [-0.1, -0.05) is 36.4 Å². The standard InChI is InChI=1S/C19H15FN2O/c20-18-6-2-1-4-15(18)12-19(23)22-17-9-7-14(8-10-17)16-5-3-11-21-13-16/h1-11,13H,12H2,(H,22,23). The van der Waals surface area contributed by atoms with Crippen LogP contribution in [0.3, 0.4) is 0 Å². The second kappa shape index (κ2) is 6.83. The Labute approximate surface area is 133 Å². The number of rotatable bonds is 4. The van der Waals surface area contributed by atoms with Crippen molar-refractivity contribution in [2.45, 2.75) is 6.42 Å². The molecular formula is C19H15FN2O. The van der Waals surface area contributed by atoms with Gasteiger partial charge in [-0.2, -0.15) is 0 Å². The van der Waals surface area contributed by atoms with Crippen molar-refractivity contribution in [3.05, 3.63) is 84.4 Å². The van der Waals surface area contributed by atoms with Gasteiger partial charge in [0.2, 0.25) is 5.91 Å². The second-order valence-corrected chi connectivity index (χ2v) is 5.14. The van der Waals surface area contributed by atoms with Crippen molar-refractivity contribution in [3.8, 4) is 11.1 Å². The number of carbonyl (C=O) groups excluding carboxylic acids is 1. The van der Waals surface area contributed by atoms with Crippen molar-refractivity contribution < 1.29 is 9.18 Å². The summed E-state index contributed by atoms with van der Waals surface area (Å²) < 4.78 is 13.5. The number of amides is 1. The Morgan fingerprint density at radius 2 is 1.74 bits per heavy atom. The fraction of sp³-hybridized carbons (Fsp3) is 0.0526. The summed E-state index contributed by atoms with van der Waals surface area (Å²) in [6.45, 7) is 0. The van der Waals surface area contributed by atoms with Crippen LogP contribution < -0.4 is 5.32 Å². The number of nitrogens with zero attached hydrogens (tertiary/aromatic N) is 1. The van der Waals surface area contributed by atoms with Crippen LogP contribution in [-0.4, -0.2) is 10.9 Å². The fourth-order valence-electron chi connectivity index (χ4n) is 2.30. The summed E-state index contributed by atoms with van der Waals surface area (Å²) in [4.78, 5) is 16.1. The molecule has 0 saturated heterocycles. The normalized spacial score (nSPS) is 10.3. The predicted octanol–water partition coefficient (Wildman–Crippen LogP) is 4.07. The summed E-state index contributed by atoms with van der Waals surface area (Å²) in [5.74, 6) is -0.612. The van der Waals surface area contributed by atoms with Crippen LogP contribution in [0.4, 0.5) is 10.1 Å². The van der Waals surface area contributed by atoms with Crippen LogP contribution in [0.15, 0.2) is 73.1 Å². The number of hydrogen-bond donors (Lipinski definition) is 1. The average Bonchev–Trinajstić information content (AvgIpc) is 2.58. The molecule has 0 unspecified atom stereocenters. The van der Waals surface area contributed by atoms with E-state index in [1.54, 1.807) is 30.6 Å². The number of nitrogens with one attached hydrogen (secondary N) is 1. The van der Waals surface area contributed by atoms with Crippen LogP contribution in [0, 0.1) is 5.82 Å². The Morgan fingerprint density at radius 1 is 0.957 bits per heavy atom. The van der Waals surface area contributed by atoms with Crippen LogP contribution in [-0.2, 0) is 11.2 Å². The maximum atomic E-state index is 13.5. The molecule has 1 amide bonds. The van der Waals surface area contributed by atoms with Crippen molar-refractivity contribution in [3.63, 3.8) is 0 Å². The Balaban J connectivity index is 1.66. The van der Waals surface area contributed by atoms with Gasteiger partial charge in [0.1, 0.15) is 5.82 Å². The van der Waals surface area contributed by atoms with E-state index in [4.69, 9.17) is 0 Å². The number of anilines is 1. The van der Waals surface area contributed by atoms with Gasteiger partial charge < -0.3 is 5.32 Å². The number of carbonyl (C=O) groups is 1. The second-order valence-electron chi connectivity index (χ2n) is 5.14. The van der Waals surface area contributed by atoms with E-state index in [1.807, 2.05) is 36.4 Å². The van der Waals surface area contributed by atoms with Crippen molar-refractivity contribution in [2.75, 3.05) is 5.32 Å². The van der Waals surface area contributed by atoms with Crippen molar-refractivity contribution in [2.24, 2.45) is 0 Å². The molecule has 1 heterocycles. The minimum absolute atomic E-state index is 0.0109. The third kappa shape index (κ3) is 3.80. The molecule has 0 fully saturated rings. The van der Waals surface area contributed by atoms with E-state index in [1.165, 1.54) is 6.07 Å². The third-order valence-corrected chi connectivity index (χ3v) is 3.47. The quantitative estimate of drug-likeness (QED) is 0.789. The Kier molecular flexibility index (Phi) is 4.43. The lowest BCUT2D eigenvalue weighted by atomic mass is 10.1. The van der Waals surface area contributed by atoms with Gasteiger partial charge in [0.25, 0.3) is 0 Å². The summed E-state index contributed by atoms with van der Waals surface area (Å²) >= 11 is 0. The zero-order chi connectivity index (χ0) is 16.1. The first-order valence-corrected chi connectivity index (χ1v) is 7.26. The third-order valence-electron chi connectivity index (χ3n) is 3.47. The van der Waals surface area contributed by atoms with E-state index in [-0.39, 0.29) is 18.1 Å². The van der Waals surface area contributed by atoms with Gasteiger partial charge in [0, 0.05) is 18.1 Å². The van der Waals surface area contributed by atoms with Gasteiger partial charge in [0.05, 0.1) is 6.42 Å². The first-order valence-electron chi connectivity index (χ1n) is 7.26. The van der Waals surface area contributed by atoms with E-state index >= 15 is 0 Å². The summed E-state index contributed by atoms with van der Waals surface area (Å²) in [6.07, 6.45) is 3.52. The van der Waals surface area contributed by atoms with Gasteiger partial charge >= 0.3 is 0 Å². The Hall–Kier alpha value is -3.01. The van der Waals surface area contributed by atoms with Crippen molar-refractivity contribution >= 4 is 11.6 Å². The zero-order valence-electron chi connectivity index (χ0n) is 12.4. The summed E-state index contributed by atoms with van der Waals surface area (Å²) in [7, 11) is 0. The molecule has 1 aromatic heterocycles. The highest BCUT2D eigenvalue weighted by Crippen LogP contribution is 2.20. The van der Waals surface area contributed by atoms with Gasteiger partial charge in [-0.15, -0.1) is 0 Å². The molecule has 0 atom stereocenters. The van der Waals surface area contributed by atoms with Crippen molar-refractivity contribution in [1.29, 1.82) is 0 Å². The van der Waals surface area contributed by atoms with Crippen LogP contribution >= 0.6 is 0 Å². The highest BCUT2D eigenvalue weighted by molar-refractivity contribution is 5.92. The van der Waals surface area contributed by atoms with E-state index in [0.717, 1.165) is 11.1 Å². The minimum Gasteiger partial charge on any atom is -0.326 e. The number of pyridine rings is 1. The molecular weight excluding hydrogens is 291 g/mol. The SMILES string of the molecule is O=C(Cc1ccccc1F)Nc1ccc(-c2cccnc2)cc1. The van der Waals surface area contributed by atoms with Crippen molar-refractivity contribution in [1.82, 2.24) is 4.98 Å². The number of benzene rings is 2. The van der Waals surface area contributed by atoms with Gasteiger partial charge in [-0.25, -0.2) is 4.39 Å². The van der Waals surface area contributed by atoms with Crippen LogP contribution in [0.5, 0.6) is 0 Å². The smallest absolute Gasteiger partial charge is 0.228 e. The van der Waals surface area contributed by atoms with E-state index < -0.39 is 0 Å². The lowest BCUT2D eigenvalue weighted by molar-refractivity contribution is -0.115. The topological polar surface area (TPSA) is 42.0 Å². The van der Waals surface area contributed by atoms with Gasteiger partial charge in [-0.05, 0) is 41.0 Å². The molecule has 0 radical (unpaired) electrons. The molecule has 2 aromatic carbocycles. The van der Waals surface area contributed by atoms with Crippen LogP contribution in [0.25, 0.3) is 11.1 Å². The molecule has 1 N–H and O–H groups in total. The molecule has 0 bridgehead atoms. The number of halogens is 1. The first kappa shape index (κ1) is 14.9. The molecule has 23 heavy (non-hydrogen) atoms. The molecule has 0 aliphatic carbocycles. The molecule has 0 aliphatic rings. The van der Waals surface area contributed by atoms with E-state index in [9.17, 15) is 9.18 Å². The van der Waals surface area contributed by atoms with E-state index in [2.05, 4.69) is 10.3 Å². The molecule has 4 heteroatoms. The lowest BCUT2D eigenvalue weighted by Gasteiger charge is -2.07. The van der Waals surface area contributed by atoms with Crippen LogP contribution in [0.1, 0.15) is 5.56 Å². The summed E-state index contributed by atoms with van der Waals surface area (Å²) in [6, 6.07) is 17.6. The molecule has 3 aromatic rings. The zero-order valence-corrected chi connectivity index (χ0v) is 12.4. The minimum atomic E-state index is -0.366. The molecule has 0 spiro atoms. The predicted molar refractivity (Wildman–Crippen MR) is 88.4 cm³/mol. The highest BCUT2D eigenvalue weighted by Gasteiger charge is 2.08. The Bertz CT molecular complexity index is 801. The average molecular weight is 306 g/mol. The lowest BCUT2D eigenvalue weighted by Crippen LogP contribution is -2.15.